The fraction of sp³-hybridized carbons (Fsp3) is 0.545. The van der Waals surface area contributed by atoms with Crippen LogP contribution in [0.3, 0.4) is 0 Å². The van der Waals surface area contributed by atoms with Crippen molar-refractivity contribution >= 4 is 28.9 Å². The first-order chi connectivity index (χ1) is 7.40. The lowest BCUT2D eigenvalue weighted by Gasteiger charge is -2.31. The van der Waals surface area contributed by atoms with Crippen LogP contribution in [0.25, 0.3) is 0 Å². The third-order valence-corrected chi connectivity index (χ3v) is 4.39. The number of nitrogens with two attached hydrogens (primary N) is 1. The van der Waals surface area contributed by atoms with E-state index in [1.807, 2.05) is 26.0 Å². The van der Waals surface area contributed by atoms with Crippen LogP contribution in [0.15, 0.2) is 12.1 Å². The van der Waals surface area contributed by atoms with Crippen molar-refractivity contribution in [1.29, 1.82) is 0 Å². The maximum Gasteiger partial charge on any atom is 0.306 e. The number of carbonyl (C=O) groups excluding carboxylic acids is 1. The van der Waals surface area contributed by atoms with Gasteiger partial charge in [0.25, 0.3) is 0 Å². The summed E-state index contributed by atoms with van der Waals surface area (Å²) in [5.41, 5.74) is 5.55. The van der Waals surface area contributed by atoms with E-state index >= 15 is 0 Å². The molecule has 1 rings (SSSR count). The van der Waals surface area contributed by atoms with Gasteiger partial charge in [0.1, 0.15) is 0 Å². The monoisotopic (exact) mass is 261 g/mol. The molecule has 1 heterocycles. The molecule has 0 fully saturated rings. The van der Waals surface area contributed by atoms with Gasteiger partial charge in [0.15, 0.2) is 0 Å². The van der Waals surface area contributed by atoms with E-state index in [9.17, 15) is 4.79 Å². The first-order valence-electron chi connectivity index (χ1n) is 4.98. The Bertz CT molecular complexity index is 378. The molecule has 0 aliphatic heterocycles. The van der Waals surface area contributed by atoms with Crippen LogP contribution in [0.2, 0.25) is 4.34 Å². The normalized spacial score (nSPS) is 16.6. The zero-order valence-electron chi connectivity index (χ0n) is 9.62. The summed E-state index contributed by atoms with van der Waals surface area (Å²) in [5, 5.41) is 0. The minimum Gasteiger partial charge on any atom is -0.469 e. The van der Waals surface area contributed by atoms with E-state index in [1.54, 1.807) is 0 Å². The number of carbonyl (C=O) groups is 1. The number of rotatable bonds is 4. The Morgan fingerprint density at radius 3 is 2.69 bits per heavy atom. The zero-order valence-corrected chi connectivity index (χ0v) is 11.2. The highest BCUT2D eigenvalue weighted by atomic mass is 35.5. The van der Waals surface area contributed by atoms with E-state index in [1.165, 1.54) is 18.4 Å². The number of hydrogen-bond donors (Lipinski definition) is 1. The first kappa shape index (κ1) is 13.5. The molecule has 0 amide bonds. The second-order valence-electron chi connectivity index (χ2n) is 4.06. The topological polar surface area (TPSA) is 52.3 Å². The lowest BCUT2D eigenvalue weighted by Crippen LogP contribution is -2.42. The first-order valence-corrected chi connectivity index (χ1v) is 6.18. The van der Waals surface area contributed by atoms with E-state index in [2.05, 4.69) is 0 Å². The van der Waals surface area contributed by atoms with E-state index in [0.29, 0.717) is 4.34 Å². The van der Waals surface area contributed by atoms with Gasteiger partial charge in [-0.1, -0.05) is 18.5 Å². The fourth-order valence-electron chi connectivity index (χ4n) is 1.47. The average Bonchev–Trinajstić information content (AvgIpc) is 2.64. The summed E-state index contributed by atoms with van der Waals surface area (Å²) in [6.45, 7) is 3.84. The molecule has 0 aliphatic carbocycles. The summed E-state index contributed by atoms with van der Waals surface area (Å²) in [6.07, 6.45) is 0.262. The molecule has 90 valence electrons. The Kier molecular flexibility index (Phi) is 4.35. The van der Waals surface area contributed by atoms with E-state index < -0.39 is 5.41 Å². The molecule has 5 heteroatoms. The highest BCUT2D eigenvalue weighted by Crippen LogP contribution is 2.37. The minimum atomic E-state index is -0.426. The van der Waals surface area contributed by atoms with Gasteiger partial charge < -0.3 is 10.5 Å². The van der Waals surface area contributed by atoms with Crippen molar-refractivity contribution in [3.05, 3.63) is 21.3 Å². The quantitative estimate of drug-likeness (QED) is 0.848. The Balaban J connectivity index is 3.01. The second kappa shape index (κ2) is 5.17. The van der Waals surface area contributed by atoms with Gasteiger partial charge in [-0.15, -0.1) is 11.3 Å². The SMILES string of the molecule is COC(=O)CC(C)(c1ccc(Cl)s1)C(C)N. The Morgan fingerprint density at radius 2 is 2.31 bits per heavy atom. The van der Waals surface area contributed by atoms with Crippen LogP contribution in [0, 0.1) is 0 Å². The number of hydrogen-bond acceptors (Lipinski definition) is 4. The molecule has 16 heavy (non-hydrogen) atoms. The molecule has 2 N–H and O–H groups in total. The van der Waals surface area contributed by atoms with E-state index in [4.69, 9.17) is 22.1 Å². The van der Waals surface area contributed by atoms with Gasteiger partial charge in [-0.05, 0) is 19.1 Å². The minimum absolute atomic E-state index is 0.152. The Morgan fingerprint density at radius 1 is 1.69 bits per heavy atom. The Labute approximate surface area is 105 Å². The van der Waals surface area contributed by atoms with Crippen molar-refractivity contribution in [1.82, 2.24) is 0 Å². The fourth-order valence-corrected chi connectivity index (χ4v) is 2.75. The molecular weight excluding hydrogens is 246 g/mol. The van der Waals surface area contributed by atoms with Crippen LogP contribution in [-0.2, 0) is 14.9 Å². The molecule has 0 spiro atoms. The van der Waals surface area contributed by atoms with Crippen molar-refractivity contribution in [3.63, 3.8) is 0 Å². The van der Waals surface area contributed by atoms with Gasteiger partial charge in [0, 0.05) is 16.3 Å². The summed E-state index contributed by atoms with van der Waals surface area (Å²) in [6, 6.07) is 3.58. The predicted molar refractivity (Wildman–Crippen MR) is 67.0 cm³/mol. The summed E-state index contributed by atoms with van der Waals surface area (Å²) in [4.78, 5) is 12.4. The molecule has 0 aliphatic rings. The third-order valence-electron chi connectivity index (χ3n) is 2.88. The molecule has 3 nitrogen and oxygen atoms in total. The molecule has 2 atom stereocenters. The molecule has 0 aromatic carbocycles. The van der Waals surface area contributed by atoms with Crippen molar-refractivity contribution in [2.24, 2.45) is 5.73 Å². The standard InChI is InChI=1S/C11H16ClNO2S/c1-7(13)11(2,6-10(14)15-3)8-4-5-9(12)16-8/h4-5,7H,6,13H2,1-3H3. The summed E-state index contributed by atoms with van der Waals surface area (Å²) in [7, 11) is 1.38. The van der Waals surface area contributed by atoms with Crippen LogP contribution < -0.4 is 5.73 Å². The largest absolute Gasteiger partial charge is 0.469 e. The van der Waals surface area contributed by atoms with E-state index in [0.717, 1.165) is 4.88 Å². The van der Waals surface area contributed by atoms with Crippen molar-refractivity contribution in [3.8, 4) is 0 Å². The maximum absolute atomic E-state index is 11.4. The summed E-state index contributed by atoms with van der Waals surface area (Å²) in [5.74, 6) is -0.260. The van der Waals surface area contributed by atoms with Crippen molar-refractivity contribution < 1.29 is 9.53 Å². The Hall–Kier alpha value is -0.580. The lowest BCUT2D eigenvalue weighted by atomic mass is 9.79. The van der Waals surface area contributed by atoms with Crippen LogP contribution in [-0.4, -0.2) is 19.1 Å². The van der Waals surface area contributed by atoms with E-state index in [-0.39, 0.29) is 18.4 Å². The van der Waals surface area contributed by atoms with Gasteiger partial charge in [-0.25, -0.2) is 0 Å². The maximum atomic E-state index is 11.4. The summed E-state index contributed by atoms with van der Waals surface area (Å²) < 4.78 is 5.40. The molecule has 1 aromatic rings. The number of ether oxygens (including phenoxy) is 1. The van der Waals surface area contributed by atoms with Gasteiger partial charge in [0.2, 0.25) is 0 Å². The van der Waals surface area contributed by atoms with Gasteiger partial charge >= 0.3 is 5.97 Å². The van der Waals surface area contributed by atoms with Crippen LogP contribution >= 0.6 is 22.9 Å². The summed E-state index contributed by atoms with van der Waals surface area (Å²) >= 11 is 7.36. The van der Waals surface area contributed by atoms with Crippen LogP contribution in [0.4, 0.5) is 0 Å². The molecule has 0 saturated carbocycles. The molecule has 1 aromatic heterocycles. The predicted octanol–water partition coefficient (Wildman–Crippen LogP) is 2.57. The smallest absolute Gasteiger partial charge is 0.306 e. The average molecular weight is 262 g/mol. The second-order valence-corrected chi connectivity index (χ2v) is 5.78. The van der Waals surface area contributed by atoms with Crippen LogP contribution in [0.1, 0.15) is 25.1 Å². The lowest BCUT2D eigenvalue weighted by molar-refractivity contribution is -0.142. The number of halogens is 1. The molecule has 2 unspecified atom stereocenters. The number of methoxy groups -OCH3 is 1. The van der Waals surface area contributed by atoms with Gasteiger partial charge in [0.05, 0.1) is 17.9 Å². The molecule has 0 saturated heterocycles. The third kappa shape index (κ3) is 2.75. The highest BCUT2D eigenvalue weighted by molar-refractivity contribution is 7.16. The molecular formula is C11H16ClNO2S. The van der Waals surface area contributed by atoms with Crippen molar-refractivity contribution in [2.45, 2.75) is 31.7 Å². The number of thiophene rings is 1. The van der Waals surface area contributed by atoms with Crippen LogP contribution in [0.5, 0.6) is 0 Å². The highest BCUT2D eigenvalue weighted by Gasteiger charge is 2.35. The van der Waals surface area contributed by atoms with Crippen molar-refractivity contribution in [2.75, 3.05) is 7.11 Å². The van der Waals surface area contributed by atoms with Gasteiger partial charge in [-0.3, -0.25) is 4.79 Å². The molecule has 0 bridgehead atoms. The van der Waals surface area contributed by atoms with Gasteiger partial charge in [-0.2, -0.15) is 0 Å². The number of esters is 1. The zero-order chi connectivity index (χ0) is 12.3. The molecule has 0 radical (unpaired) electrons.